The van der Waals surface area contributed by atoms with Crippen LogP contribution in [0, 0.1) is 0 Å². The highest BCUT2D eigenvalue weighted by Gasteiger charge is 2.32. The highest BCUT2D eigenvalue weighted by Crippen LogP contribution is 2.46. The van der Waals surface area contributed by atoms with Crippen molar-refractivity contribution in [1.82, 2.24) is 19.2 Å². The van der Waals surface area contributed by atoms with Crippen LogP contribution in [0.4, 0.5) is 11.4 Å². The molecular weight excluding hydrogens is 471 g/mol. The van der Waals surface area contributed by atoms with Crippen molar-refractivity contribution in [3.63, 3.8) is 0 Å². The Hall–Kier alpha value is -2.95. The minimum absolute atomic E-state index is 0.883. The first-order valence-corrected chi connectivity index (χ1v) is 13.4. The van der Waals surface area contributed by atoms with Crippen molar-refractivity contribution in [1.29, 1.82) is 0 Å². The fourth-order valence-electron chi connectivity index (χ4n) is 4.61. The first-order valence-electron chi connectivity index (χ1n) is 11.0. The third-order valence-electron chi connectivity index (χ3n) is 6.02. The van der Waals surface area contributed by atoms with E-state index >= 15 is 0 Å². The quantitative estimate of drug-likeness (QED) is 0.305. The zero-order valence-corrected chi connectivity index (χ0v) is 21.0. The number of hydrogen-bond acceptors (Lipinski definition) is 9. The van der Waals surface area contributed by atoms with Gasteiger partial charge in [0.15, 0.2) is 0 Å². The number of aryl methyl sites for hydroxylation is 1. The molecule has 7 nitrogen and oxygen atoms in total. The number of rotatable bonds is 5. The molecule has 0 N–H and O–H groups in total. The zero-order valence-electron chi connectivity index (χ0n) is 18.5. The van der Waals surface area contributed by atoms with E-state index in [1.165, 1.54) is 55.5 Å². The summed E-state index contributed by atoms with van der Waals surface area (Å²) < 4.78 is 14.3. The second kappa shape index (κ2) is 8.12. The van der Waals surface area contributed by atoms with E-state index in [-0.39, 0.29) is 0 Å². The molecule has 0 radical (unpaired) electrons. The molecule has 0 aliphatic carbocycles. The molecule has 0 spiro atoms. The summed E-state index contributed by atoms with van der Waals surface area (Å²) in [6, 6.07) is 8.46. The third kappa shape index (κ3) is 3.08. The predicted molar refractivity (Wildman–Crippen MR) is 139 cm³/mol. The lowest BCUT2D eigenvalue weighted by atomic mass is 10.2. The van der Waals surface area contributed by atoms with Crippen molar-refractivity contribution < 1.29 is 4.57 Å². The molecule has 1 aliphatic heterocycles. The van der Waals surface area contributed by atoms with E-state index in [4.69, 9.17) is 0 Å². The van der Waals surface area contributed by atoms with Gasteiger partial charge in [-0.2, -0.15) is 4.57 Å². The van der Waals surface area contributed by atoms with E-state index < -0.39 is 0 Å². The average molecular weight is 493 g/mol. The summed E-state index contributed by atoms with van der Waals surface area (Å²) in [6.07, 6.45) is 6.62. The molecule has 0 atom stereocenters. The number of benzene rings is 2. The summed E-state index contributed by atoms with van der Waals surface area (Å²) in [7, 11) is 0. The van der Waals surface area contributed by atoms with Crippen molar-refractivity contribution in [2.75, 3.05) is 22.9 Å². The lowest BCUT2D eigenvalue weighted by molar-refractivity contribution is -0.664. The summed E-state index contributed by atoms with van der Waals surface area (Å²) in [4.78, 5) is 4.74. The van der Waals surface area contributed by atoms with E-state index in [9.17, 15) is 0 Å². The van der Waals surface area contributed by atoms with Gasteiger partial charge >= 0.3 is 0 Å². The number of fused-ring (bicyclic) bond motifs is 6. The van der Waals surface area contributed by atoms with Crippen LogP contribution in [0.1, 0.15) is 25.8 Å². The number of aromatic nitrogens is 5. The molecule has 0 amide bonds. The number of thiazole rings is 1. The second-order valence-electron chi connectivity index (χ2n) is 7.65. The smallest absolute Gasteiger partial charge is 0.262 e. The molecule has 166 valence electrons. The molecule has 3 aromatic heterocycles. The minimum atomic E-state index is 0.883. The molecule has 0 saturated carbocycles. The van der Waals surface area contributed by atoms with Crippen molar-refractivity contribution >= 4 is 82.5 Å². The van der Waals surface area contributed by atoms with Gasteiger partial charge in [-0.3, -0.25) is 0 Å². The molecule has 4 heterocycles. The Bertz CT molecular complexity index is 1560. The van der Waals surface area contributed by atoms with E-state index in [2.05, 4.69) is 96.8 Å². The van der Waals surface area contributed by atoms with E-state index in [1.54, 1.807) is 0 Å². The van der Waals surface area contributed by atoms with Crippen LogP contribution in [-0.4, -0.2) is 32.3 Å². The summed E-state index contributed by atoms with van der Waals surface area (Å²) in [6.45, 7) is 9.26. The van der Waals surface area contributed by atoms with Gasteiger partial charge in [0.1, 0.15) is 37.5 Å². The Morgan fingerprint density at radius 3 is 2.39 bits per heavy atom. The molecular formula is C23H22N7S3+. The van der Waals surface area contributed by atoms with Crippen molar-refractivity contribution in [2.24, 2.45) is 0 Å². The molecule has 33 heavy (non-hydrogen) atoms. The maximum absolute atomic E-state index is 4.28. The molecule has 6 rings (SSSR count). The Morgan fingerprint density at radius 1 is 0.909 bits per heavy atom. The maximum atomic E-state index is 4.28. The normalized spacial score (nSPS) is 15.3. The van der Waals surface area contributed by atoms with Crippen molar-refractivity contribution in [2.45, 2.75) is 27.3 Å². The van der Waals surface area contributed by atoms with Crippen molar-refractivity contribution in [3.05, 3.63) is 47.2 Å². The van der Waals surface area contributed by atoms with Crippen LogP contribution < -0.4 is 14.4 Å². The first kappa shape index (κ1) is 20.6. The SMILES string of the molecule is CCN1C(=CC=Cc2sc3ccc4nnsc4c3[n+]2CC)N(CC)c2c1ccc1nnsc21. The second-order valence-corrected chi connectivity index (χ2v) is 10.2. The van der Waals surface area contributed by atoms with Gasteiger partial charge in [0, 0.05) is 19.2 Å². The predicted octanol–water partition coefficient (Wildman–Crippen LogP) is 5.44. The fraction of sp³-hybridized carbons (Fsp3) is 0.261. The standard InChI is InChI=1S/C23H22N7S3/c1-4-28-16-12-10-14-22(32-26-24-14)20(16)29(5-2)18(28)8-7-9-19-30(6-3)21-17(31-19)13-11-15-23(21)33-27-25-15/h7-13H,4-6H2,1-3H3/q+1. The largest absolute Gasteiger partial charge is 0.326 e. The summed E-state index contributed by atoms with van der Waals surface area (Å²) in [5, 5.41) is 9.76. The Balaban J connectivity index is 1.43. The van der Waals surface area contributed by atoms with E-state index in [0.717, 1.165) is 40.1 Å². The molecule has 1 aliphatic rings. The monoisotopic (exact) mass is 492 g/mol. The number of anilines is 2. The zero-order chi connectivity index (χ0) is 22.5. The molecule has 0 fully saturated rings. The van der Waals surface area contributed by atoms with Crippen LogP contribution in [0.3, 0.4) is 0 Å². The summed E-state index contributed by atoms with van der Waals surface area (Å²) >= 11 is 4.75. The lowest BCUT2D eigenvalue weighted by Gasteiger charge is -2.23. The Kier molecular flexibility index (Phi) is 5.08. The van der Waals surface area contributed by atoms with Gasteiger partial charge in [-0.15, -0.1) is 10.2 Å². The number of allylic oxidation sites excluding steroid dienone is 2. The Morgan fingerprint density at radius 2 is 1.64 bits per heavy atom. The van der Waals surface area contributed by atoms with Crippen LogP contribution in [0.2, 0.25) is 0 Å². The molecule has 0 bridgehead atoms. The first-order chi connectivity index (χ1) is 16.2. The molecule has 10 heteroatoms. The number of nitrogens with zero attached hydrogens (tertiary/aromatic N) is 7. The van der Waals surface area contributed by atoms with Gasteiger partial charge in [-0.05, 0) is 74.2 Å². The lowest BCUT2D eigenvalue weighted by Crippen LogP contribution is -2.33. The maximum Gasteiger partial charge on any atom is 0.262 e. The van der Waals surface area contributed by atoms with Crippen molar-refractivity contribution in [3.8, 4) is 0 Å². The van der Waals surface area contributed by atoms with Gasteiger partial charge in [-0.1, -0.05) is 26.4 Å². The highest BCUT2D eigenvalue weighted by molar-refractivity contribution is 7.20. The van der Waals surface area contributed by atoms with Gasteiger partial charge < -0.3 is 9.80 Å². The van der Waals surface area contributed by atoms with Gasteiger partial charge in [0.25, 0.3) is 5.01 Å². The topological polar surface area (TPSA) is 61.9 Å². The van der Waals surface area contributed by atoms with Gasteiger partial charge in [0.2, 0.25) is 5.52 Å². The summed E-state index contributed by atoms with van der Waals surface area (Å²) in [5.74, 6) is 1.19. The third-order valence-corrected chi connectivity index (χ3v) is 8.63. The number of hydrogen-bond donors (Lipinski definition) is 0. The fourth-order valence-corrected chi connectivity index (χ4v) is 7.25. The summed E-state index contributed by atoms with van der Waals surface area (Å²) in [5.41, 5.74) is 5.61. The highest BCUT2D eigenvalue weighted by atomic mass is 32.1. The van der Waals surface area contributed by atoms with Crippen LogP contribution in [0.5, 0.6) is 0 Å². The van der Waals surface area contributed by atoms with Crippen LogP contribution >= 0.6 is 34.4 Å². The average Bonchev–Trinajstić information content (AvgIpc) is 3.60. The van der Waals surface area contributed by atoms with E-state index in [0.29, 0.717) is 0 Å². The molecule has 0 saturated heterocycles. The minimum Gasteiger partial charge on any atom is -0.326 e. The molecule has 2 aromatic carbocycles. The van der Waals surface area contributed by atoms with Crippen LogP contribution in [-0.2, 0) is 6.54 Å². The molecule has 0 unspecified atom stereocenters. The Labute approximate surface area is 203 Å². The van der Waals surface area contributed by atoms with E-state index in [1.807, 2.05) is 11.3 Å². The van der Waals surface area contributed by atoms with Crippen LogP contribution in [0.25, 0.3) is 36.7 Å². The van der Waals surface area contributed by atoms with Gasteiger partial charge in [-0.25, -0.2) is 0 Å². The molecule has 5 aromatic rings. The van der Waals surface area contributed by atoms with Gasteiger partial charge in [0.05, 0.1) is 11.4 Å². The van der Waals surface area contributed by atoms with Crippen LogP contribution in [0.15, 0.2) is 42.2 Å².